The van der Waals surface area contributed by atoms with E-state index in [0.717, 1.165) is 111 Å². The van der Waals surface area contributed by atoms with Crippen molar-refractivity contribution in [3.05, 3.63) is 214 Å². The predicted molar refractivity (Wildman–Crippen MR) is 268 cm³/mol. The van der Waals surface area contributed by atoms with Crippen LogP contribution in [0.1, 0.15) is 125 Å². The second kappa shape index (κ2) is 24.0. The van der Waals surface area contributed by atoms with Crippen LogP contribution in [-0.4, -0.2) is 86.4 Å². The normalized spacial score (nSPS) is 16.3. The first-order valence-electron chi connectivity index (χ1n) is 24.4. The fourth-order valence-electron chi connectivity index (χ4n) is 10.3. The summed E-state index contributed by atoms with van der Waals surface area (Å²) < 4.78 is 0. The first kappa shape index (κ1) is 50.1. The Labute approximate surface area is 402 Å². The number of ketones is 1. The maximum absolute atomic E-state index is 12.0. The SMILES string of the molecule is CC(=O)c1ccc(C(O)CCCN2CCC(C(O)(c3ccccc3)c3ccccc3)CC2)cc1.O=C(O)c1ccc(C(O)CCCN2CCC(C(O)(c3ccccc3)c3ccccc3)CC2)cc1. The number of Topliss-reactive ketones (excluding diaryl/α,β-unsaturated/α-hetero) is 1. The Bertz CT molecular complexity index is 2180. The number of rotatable bonds is 18. The minimum absolute atomic E-state index is 0.0378. The van der Waals surface area contributed by atoms with E-state index in [2.05, 4.69) is 9.80 Å². The third-order valence-corrected chi connectivity index (χ3v) is 14.4. The summed E-state index contributed by atoms with van der Waals surface area (Å²) in [6.45, 7) is 7.09. The van der Waals surface area contributed by atoms with Gasteiger partial charge in [0.2, 0.25) is 0 Å². The molecule has 5 N–H and O–H groups in total. The van der Waals surface area contributed by atoms with Gasteiger partial charge in [-0.3, -0.25) is 4.79 Å². The highest BCUT2D eigenvalue weighted by Crippen LogP contribution is 2.43. The maximum Gasteiger partial charge on any atom is 0.335 e. The van der Waals surface area contributed by atoms with Crippen LogP contribution in [0.15, 0.2) is 170 Å². The van der Waals surface area contributed by atoms with Gasteiger partial charge < -0.3 is 35.3 Å². The number of nitrogens with zero attached hydrogens (tertiary/aromatic N) is 2. The molecular weight excluding hydrogens is 849 g/mol. The summed E-state index contributed by atoms with van der Waals surface area (Å²) in [5.74, 6) is -0.641. The van der Waals surface area contributed by atoms with Crippen LogP contribution in [0.2, 0.25) is 0 Å². The molecule has 2 saturated heterocycles. The summed E-state index contributed by atoms with van der Waals surface area (Å²) in [6, 6.07) is 53.8. The molecular formula is C59H68N2O7. The highest BCUT2D eigenvalue weighted by atomic mass is 16.4. The summed E-state index contributed by atoms with van der Waals surface area (Å²) in [7, 11) is 0. The Morgan fingerprint density at radius 1 is 0.485 bits per heavy atom. The third-order valence-electron chi connectivity index (χ3n) is 14.4. The van der Waals surface area contributed by atoms with Crippen molar-refractivity contribution < 1.29 is 35.1 Å². The first-order valence-corrected chi connectivity index (χ1v) is 24.4. The molecule has 2 unspecified atom stereocenters. The second-order valence-corrected chi connectivity index (χ2v) is 18.7. The Kier molecular flexibility index (Phi) is 17.7. The van der Waals surface area contributed by atoms with Crippen molar-refractivity contribution in [2.75, 3.05) is 39.3 Å². The van der Waals surface area contributed by atoms with Crippen molar-refractivity contribution in [3.8, 4) is 0 Å². The summed E-state index contributed by atoms with van der Waals surface area (Å²) in [6.07, 6.45) is 5.63. The molecule has 0 aromatic heterocycles. The molecule has 2 heterocycles. The molecule has 2 aliphatic heterocycles. The number of likely N-dealkylation sites (tertiary alicyclic amines) is 2. The summed E-state index contributed by atoms with van der Waals surface area (Å²) in [4.78, 5) is 27.3. The molecule has 356 valence electrons. The Hall–Kier alpha value is -5.78. The van der Waals surface area contributed by atoms with Gasteiger partial charge in [0, 0.05) is 5.56 Å². The number of hydrogen-bond donors (Lipinski definition) is 5. The van der Waals surface area contributed by atoms with Gasteiger partial charge in [0.05, 0.1) is 17.8 Å². The molecule has 2 aliphatic rings. The molecule has 0 saturated carbocycles. The smallest absolute Gasteiger partial charge is 0.335 e. The van der Waals surface area contributed by atoms with Gasteiger partial charge in [-0.2, -0.15) is 0 Å². The van der Waals surface area contributed by atoms with E-state index in [0.29, 0.717) is 18.4 Å². The molecule has 6 aromatic rings. The Morgan fingerprint density at radius 2 is 0.779 bits per heavy atom. The van der Waals surface area contributed by atoms with E-state index < -0.39 is 29.4 Å². The molecule has 2 atom stereocenters. The van der Waals surface area contributed by atoms with Crippen LogP contribution in [0, 0.1) is 11.8 Å². The van der Waals surface area contributed by atoms with E-state index >= 15 is 0 Å². The zero-order valence-corrected chi connectivity index (χ0v) is 39.3. The standard InChI is InChI=1S/C30H35NO3.C29H33NO4/c1-23(32)24-14-16-25(17-15-24)29(33)13-8-20-31-21-18-28(19-22-31)30(34,26-9-4-2-5-10-26)27-11-6-3-7-12-27;31-27(22-13-15-23(16-14-22)28(32)33)12-7-19-30-20-17-26(18-21-30)29(34,24-8-3-1-4-9-24)25-10-5-2-6-11-25/h2-7,9-12,14-17,28-29,33-34H,8,13,18-22H2,1H3;1-6,8-11,13-16,26-27,31,34H,7,12,17-21H2,(H,32,33). The lowest BCUT2D eigenvalue weighted by atomic mass is 9.72. The molecule has 2 fully saturated rings. The van der Waals surface area contributed by atoms with Gasteiger partial charge in [0.25, 0.3) is 0 Å². The average molecular weight is 917 g/mol. The lowest BCUT2D eigenvalue weighted by Gasteiger charge is -2.42. The van der Waals surface area contributed by atoms with Gasteiger partial charge >= 0.3 is 5.97 Å². The average Bonchev–Trinajstić information content (AvgIpc) is 3.39. The van der Waals surface area contributed by atoms with Crippen LogP contribution in [0.25, 0.3) is 0 Å². The van der Waals surface area contributed by atoms with Crippen LogP contribution < -0.4 is 0 Å². The molecule has 0 aliphatic carbocycles. The van der Waals surface area contributed by atoms with E-state index in [4.69, 9.17) is 5.11 Å². The van der Waals surface area contributed by atoms with E-state index in [1.54, 1.807) is 31.2 Å². The number of carbonyl (C=O) groups is 2. The second-order valence-electron chi connectivity index (χ2n) is 18.7. The molecule has 6 aromatic carbocycles. The van der Waals surface area contributed by atoms with Gasteiger partial charge in [-0.1, -0.05) is 158 Å². The van der Waals surface area contributed by atoms with Crippen LogP contribution in [0.3, 0.4) is 0 Å². The molecule has 8 rings (SSSR count). The summed E-state index contributed by atoms with van der Waals surface area (Å²) >= 11 is 0. The quantitative estimate of drug-likeness (QED) is 0.0533. The van der Waals surface area contributed by atoms with Crippen molar-refractivity contribution >= 4 is 11.8 Å². The van der Waals surface area contributed by atoms with Crippen LogP contribution in [-0.2, 0) is 11.2 Å². The number of carboxylic acids is 1. The van der Waals surface area contributed by atoms with E-state index in [9.17, 15) is 30.0 Å². The molecule has 9 nitrogen and oxygen atoms in total. The minimum Gasteiger partial charge on any atom is -0.478 e. The van der Waals surface area contributed by atoms with Crippen molar-refractivity contribution in [2.45, 2.75) is 81.7 Å². The molecule has 0 radical (unpaired) electrons. The molecule has 0 bridgehead atoms. The monoisotopic (exact) mass is 917 g/mol. The van der Waals surface area contributed by atoms with Gasteiger partial charge in [0.1, 0.15) is 11.2 Å². The molecule has 0 spiro atoms. The fraction of sp³-hybridized carbons (Fsp3) is 0.356. The number of carbonyl (C=O) groups excluding carboxylic acids is 1. The summed E-state index contributed by atoms with van der Waals surface area (Å²) in [5.41, 5.74) is 4.31. The molecule has 0 amide bonds. The number of hydrogen-bond acceptors (Lipinski definition) is 8. The third kappa shape index (κ3) is 12.5. The minimum atomic E-state index is -1.01. The largest absolute Gasteiger partial charge is 0.478 e. The Balaban J connectivity index is 0.000000201. The first-order chi connectivity index (χ1) is 33.0. The van der Waals surface area contributed by atoms with Gasteiger partial charge in [-0.15, -0.1) is 0 Å². The fourth-order valence-corrected chi connectivity index (χ4v) is 10.3. The number of benzene rings is 6. The van der Waals surface area contributed by atoms with Gasteiger partial charge in [-0.25, -0.2) is 4.79 Å². The highest BCUT2D eigenvalue weighted by molar-refractivity contribution is 5.94. The van der Waals surface area contributed by atoms with Crippen molar-refractivity contribution in [3.63, 3.8) is 0 Å². The topological polar surface area (TPSA) is 142 Å². The van der Waals surface area contributed by atoms with E-state index in [-0.39, 0.29) is 23.2 Å². The van der Waals surface area contributed by atoms with Crippen LogP contribution in [0.5, 0.6) is 0 Å². The van der Waals surface area contributed by atoms with Gasteiger partial charge in [-0.05, 0) is 155 Å². The zero-order chi connectivity index (χ0) is 47.9. The number of carboxylic acid groups (broad SMARTS) is 1. The number of aliphatic hydroxyl groups excluding tert-OH is 2. The lowest BCUT2D eigenvalue weighted by molar-refractivity contribution is -0.0148. The maximum atomic E-state index is 12.0. The number of aliphatic hydroxyl groups is 4. The number of aromatic carboxylic acids is 1. The zero-order valence-electron chi connectivity index (χ0n) is 39.3. The Morgan fingerprint density at radius 3 is 1.06 bits per heavy atom. The number of piperidine rings is 2. The molecule has 9 heteroatoms. The predicted octanol–water partition coefficient (Wildman–Crippen LogP) is 10.2. The van der Waals surface area contributed by atoms with Gasteiger partial charge in [0.15, 0.2) is 5.78 Å². The van der Waals surface area contributed by atoms with Crippen LogP contribution in [0.4, 0.5) is 0 Å². The van der Waals surface area contributed by atoms with Crippen molar-refractivity contribution in [1.82, 2.24) is 9.80 Å². The summed E-state index contributed by atoms with van der Waals surface area (Å²) in [5, 5.41) is 54.1. The van der Waals surface area contributed by atoms with E-state index in [1.807, 2.05) is 133 Å². The highest BCUT2D eigenvalue weighted by Gasteiger charge is 2.42. The lowest BCUT2D eigenvalue weighted by Crippen LogP contribution is -2.44. The molecule has 68 heavy (non-hydrogen) atoms. The van der Waals surface area contributed by atoms with Crippen LogP contribution >= 0.6 is 0 Å². The van der Waals surface area contributed by atoms with Crippen molar-refractivity contribution in [2.24, 2.45) is 11.8 Å². The van der Waals surface area contributed by atoms with Crippen molar-refractivity contribution in [1.29, 1.82) is 0 Å². The van der Waals surface area contributed by atoms with E-state index in [1.165, 1.54) is 12.1 Å².